The quantitative estimate of drug-likeness (QED) is 0.865. The van der Waals surface area contributed by atoms with E-state index in [4.69, 9.17) is 9.15 Å². The van der Waals surface area contributed by atoms with Gasteiger partial charge in [-0.1, -0.05) is 13.8 Å². The fourth-order valence-electron chi connectivity index (χ4n) is 2.70. The van der Waals surface area contributed by atoms with Crippen LogP contribution in [0.1, 0.15) is 36.4 Å². The molecule has 0 spiro atoms. The Labute approximate surface area is 123 Å². The van der Waals surface area contributed by atoms with Crippen LogP contribution in [0.25, 0.3) is 0 Å². The lowest BCUT2D eigenvalue weighted by atomic mass is 10.0. The monoisotopic (exact) mass is 295 g/mol. The van der Waals surface area contributed by atoms with Crippen molar-refractivity contribution in [2.24, 2.45) is 5.92 Å². The van der Waals surface area contributed by atoms with Crippen LogP contribution in [0.5, 0.6) is 0 Å². The molecule has 1 fully saturated rings. The first-order valence-electron chi connectivity index (χ1n) is 7.28. The van der Waals surface area contributed by atoms with Crippen LogP contribution in [-0.2, 0) is 16.0 Å². The van der Waals surface area contributed by atoms with Crippen molar-refractivity contribution in [2.75, 3.05) is 19.8 Å². The van der Waals surface area contributed by atoms with Gasteiger partial charge in [0.15, 0.2) is 0 Å². The van der Waals surface area contributed by atoms with Crippen molar-refractivity contribution in [3.8, 4) is 0 Å². The number of nitrogens with zero attached hydrogens (tertiary/aromatic N) is 1. The molecule has 116 valence electrons. The van der Waals surface area contributed by atoms with E-state index >= 15 is 0 Å². The van der Waals surface area contributed by atoms with Gasteiger partial charge in [-0.3, -0.25) is 9.59 Å². The van der Waals surface area contributed by atoms with Crippen molar-refractivity contribution < 1.29 is 23.8 Å². The van der Waals surface area contributed by atoms with Crippen LogP contribution < -0.4 is 0 Å². The number of aliphatic carboxylic acids is 1. The highest BCUT2D eigenvalue weighted by Gasteiger charge is 2.40. The van der Waals surface area contributed by atoms with Crippen molar-refractivity contribution in [3.63, 3.8) is 0 Å². The van der Waals surface area contributed by atoms with Crippen LogP contribution in [-0.4, -0.2) is 47.7 Å². The summed E-state index contributed by atoms with van der Waals surface area (Å²) in [4.78, 5) is 25.7. The average molecular weight is 295 g/mol. The van der Waals surface area contributed by atoms with Gasteiger partial charge in [0, 0.05) is 13.0 Å². The molecule has 0 aromatic carbocycles. The van der Waals surface area contributed by atoms with Gasteiger partial charge in [-0.2, -0.15) is 0 Å². The number of carboxylic acid groups (broad SMARTS) is 1. The Hall–Kier alpha value is -1.82. The molecule has 1 amide bonds. The number of hydrogen-bond acceptors (Lipinski definition) is 4. The zero-order valence-electron chi connectivity index (χ0n) is 12.4. The van der Waals surface area contributed by atoms with Crippen LogP contribution in [0.4, 0.5) is 0 Å². The Morgan fingerprint density at radius 1 is 1.38 bits per heavy atom. The molecule has 0 bridgehead atoms. The first-order valence-corrected chi connectivity index (χ1v) is 7.28. The fraction of sp³-hybridized carbons (Fsp3) is 0.600. The molecule has 2 unspecified atom stereocenters. The molecule has 0 saturated carbocycles. The van der Waals surface area contributed by atoms with E-state index in [0.29, 0.717) is 24.3 Å². The lowest BCUT2D eigenvalue weighted by Crippen LogP contribution is -2.47. The number of ether oxygens (including phenoxy) is 1. The van der Waals surface area contributed by atoms with Crippen LogP contribution in [0, 0.1) is 5.92 Å². The van der Waals surface area contributed by atoms with Crippen LogP contribution in [0.15, 0.2) is 16.7 Å². The van der Waals surface area contributed by atoms with Crippen molar-refractivity contribution in [2.45, 2.75) is 32.7 Å². The van der Waals surface area contributed by atoms with Crippen molar-refractivity contribution in [1.82, 2.24) is 4.90 Å². The predicted octanol–water partition coefficient (Wildman–Crippen LogP) is 1.79. The average Bonchev–Trinajstić information content (AvgIpc) is 3.11. The SMILES string of the molecule is CCCN(C(=O)c1ccoc1CC)C1COCC1C(=O)O. The molecule has 2 rings (SSSR count). The summed E-state index contributed by atoms with van der Waals surface area (Å²) < 4.78 is 10.6. The molecule has 1 aromatic heterocycles. The molecule has 6 nitrogen and oxygen atoms in total. The topological polar surface area (TPSA) is 80.0 Å². The Bertz CT molecular complexity index is 510. The molecule has 1 aromatic rings. The number of hydrogen-bond donors (Lipinski definition) is 1. The van der Waals surface area contributed by atoms with Gasteiger partial charge >= 0.3 is 5.97 Å². The molecular weight excluding hydrogens is 274 g/mol. The molecule has 2 heterocycles. The van der Waals surface area contributed by atoms with E-state index in [0.717, 1.165) is 6.42 Å². The minimum atomic E-state index is -0.922. The van der Waals surface area contributed by atoms with Crippen LogP contribution in [0.3, 0.4) is 0 Å². The molecule has 1 aliphatic rings. The van der Waals surface area contributed by atoms with Crippen LogP contribution >= 0.6 is 0 Å². The predicted molar refractivity (Wildman–Crippen MR) is 75.1 cm³/mol. The number of amides is 1. The first-order chi connectivity index (χ1) is 10.1. The second-order valence-electron chi connectivity index (χ2n) is 5.16. The number of aryl methyl sites for hydroxylation is 1. The Morgan fingerprint density at radius 3 is 2.76 bits per heavy atom. The van der Waals surface area contributed by atoms with Gasteiger partial charge in [-0.25, -0.2) is 0 Å². The zero-order valence-corrected chi connectivity index (χ0v) is 12.4. The zero-order chi connectivity index (χ0) is 15.4. The summed E-state index contributed by atoms with van der Waals surface area (Å²) in [6.07, 6.45) is 2.88. The Morgan fingerprint density at radius 2 is 2.14 bits per heavy atom. The summed E-state index contributed by atoms with van der Waals surface area (Å²) in [6.45, 7) is 4.80. The maximum Gasteiger partial charge on any atom is 0.311 e. The first kappa shape index (κ1) is 15.6. The van der Waals surface area contributed by atoms with E-state index in [-0.39, 0.29) is 19.1 Å². The van der Waals surface area contributed by atoms with E-state index in [1.54, 1.807) is 11.0 Å². The van der Waals surface area contributed by atoms with E-state index in [1.807, 2.05) is 13.8 Å². The summed E-state index contributed by atoms with van der Waals surface area (Å²) in [5.41, 5.74) is 0.516. The largest absolute Gasteiger partial charge is 0.481 e. The molecule has 2 atom stereocenters. The number of rotatable bonds is 6. The number of carboxylic acids is 1. The molecule has 6 heteroatoms. The van der Waals surface area contributed by atoms with E-state index in [1.165, 1.54) is 6.26 Å². The third-order valence-corrected chi connectivity index (χ3v) is 3.79. The minimum absolute atomic E-state index is 0.152. The second-order valence-corrected chi connectivity index (χ2v) is 5.16. The normalized spacial score (nSPS) is 21.4. The van der Waals surface area contributed by atoms with Crippen molar-refractivity contribution in [3.05, 3.63) is 23.7 Å². The van der Waals surface area contributed by atoms with Gasteiger partial charge in [0.1, 0.15) is 11.7 Å². The standard InChI is InChI=1S/C15H21NO5/c1-3-6-16(12-9-20-8-11(12)15(18)19)14(17)10-5-7-21-13(10)4-2/h5,7,11-12H,3-4,6,8-9H2,1-2H3,(H,18,19). The molecule has 1 aliphatic heterocycles. The molecule has 1 N–H and O–H groups in total. The molecule has 0 aliphatic carbocycles. The van der Waals surface area contributed by atoms with Gasteiger partial charge in [0.05, 0.1) is 31.1 Å². The third-order valence-electron chi connectivity index (χ3n) is 3.79. The lowest BCUT2D eigenvalue weighted by molar-refractivity contribution is -0.142. The van der Waals surface area contributed by atoms with Gasteiger partial charge in [-0.15, -0.1) is 0 Å². The van der Waals surface area contributed by atoms with Gasteiger partial charge in [-0.05, 0) is 12.5 Å². The van der Waals surface area contributed by atoms with Gasteiger partial charge in [0.2, 0.25) is 0 Å². The molecule has 21 heavy (non-hydrogen) atoms. The molecule has 0 radical (unpaired) electrons. The summed E-state index contributed by atoms with van der Waals surface area (Å²) in [7, 11) is 0. The minimum Gasteiger partial charge on any atom is -0.481 e. The van der Waals surface area contributed by atoms with E-state index < -0.39 is 17.9 Å². The highest BCUT2D eigenvalue weighted by atomic mass is 16.5. The summed E-state index contributed by atoms with van der Waals surface area (Å²) in [6, 6.07) is 1.23. The number of carbonyl (C=O) groups is 2. The fourth-order valence-corrected chi connectivity index (χ4v) is 2.70. The number of carbonyl (C=O) groups excluding carboxylic acids is 1. The Balaban J connectivity index is 2.26. The smallest absolute Gasteiger partial charge is 0.311 e. The van der Waals surface area contributed by atoms with E-state index in [2.05, 4.69) is 0 Å². The maximum absolute atomic E-state index is 12.7. The molecule has 1 saturated heterocycles. The second kappa shape index (κ2) is 6.76. The van der Waals surface area contributed by atoms with Crippen LogP contribution in [0.2, 0.25) is 0 Å². The summed E-state index contributed by atoms with van der Waals surface area (Å²) in [5.74, 6) is -1.14. The summed E-state index contributed by atoms with van der Waals surface area (Å²) in [5, 5.41) is 9.28. The van der Waals surface area contributed by atoms with Gasteiger partial charge < -0.3 is 19.2 Å². The highest BCUT2D eigenvalue weighted by Crippen LogP contribution is 2.24. The summed E-state index contributed by atoms with van der Waals surface area (Å²) >= 11 is 0. The van der Waals surface area contributed by atoms with Gasteiger partial charge in [0.25, 0.3) is 5.91 Å². The maximum atomic E-state index is 12.7. The lowest BCUT2D eigenvalue weighted by Gasteiger charge is -2.30. The number of furan rings is 1. The van der Waals surface area contributed by atoms with Crippen molar-refractivity contribution in [1.29, 1.82) is 0 Å². The highest BCUT2D eigenvalue weighted by molar-refractivity contribution is 5.95. The third kappa shape index (κ3) is 3.10. The van der Waals surface area contributed by atoms with E-state index in [9.17, 15) is 14.7 Å². The van der Waals surface area contributed by atoms with Crippen molar-refractivity contribution >= 4 is 11.9 Å². The molecular formula is C15H21NO5. The Kier molecular flexibility index (Phi) is 5.01.